The van der Waals surface area contributed by atoms with E-state index in [0.29, 0.717) is 6.04 Å². The Morgan fingerprint density at radius 2 is 2.10 bits per heavy atom. The maximum atomic E-state index is 4.59. The van der Waals surface area contributed by atoms with E-state index in [1.807, 2.05) is 36.5 Å². The van der Waals surface area contributed by atoms with Crippen molar-refractivity contribution in [3.05, 3.63) is 42.2 Å². The Kier molecular flexibility index (Phi) is 4.08. The van der Waals surface area contributed by atoms with Crippen molar-refractivity contribution < 1.29 is 0 Å². The largest absolute Gasteiger partial charge is 0.314 e. The minimum atomic E-state index is 0.650. The van der Waals surface area contributed by atoms with Crippen LogP contribution in [0.5, 0.6) is 0 Å². The van der Waals surface area contributed by atoms with Crippen molar-refractivity contribution in [2.75, 3.05) is 19.6 Å². The first-order chi connectivity index (χ1) is 9.86. The maximum Gasteiger partial charge on any atom is 0.0971 e. The second-order valence-electron chi connectivity index (χ2n) is 5.24. The first-order valence-electron chi connectivity index (χ1n) is 7.28. The number of hydrogen-bond donors (Lipinski definition) is 1. The molecule has 0 bridgehead atoms. The molecule has 1 saturated heterocycles. The van der Waals surface area contributed by atoms with Gasteiger partial charge in [-0.3, -0.25) is 4.90 Å². The molecule has 20 heavy (non-hydrogen) atoms. The number of nitrogens with zero attached hydrogens (tertiary/aromatic N) is 4. The lowest BCUT2D eigenvalue weighted by Gasteiger charge is -2.37. The zero-order valence-electron chi connectivity index (χ0n) is 11.9. The molecule has 106 valence electrons. The Labute approximate surface area is 119 Å². The number of nitrogens with one attached hydrogen (secondary N) is 1. The summed E-state index contributed by atoms with van der Waals surface area (Å²) in [5.74, 6) is 0. The summed E-state index contributed by atoms with van der Waals surface area (Å²) in [5, 5.41) is 12.3. The monoisotopic (exact) mass is 271 g/mol. The van der Waals surface area contributed by atoms with Gasteiger partial charge in [0.25, 0.3) is 0 Å². The molecule has 1 aliphatic heterocycles. The van der Waals surface area contributed by atoms with Crippen LogP contribution in [0.1, 0.15) is 19.0 Å². The van der Waals surface area contributed by atoms with Crippen molar-refractivity contribution in [1.82, 2.24) is 25.2 Å². The number of hydrogen-bond acceptors (Lipinski definition) is 4. The topological polar surface area (TPSA) is 46.0 Å². The summed E-state index contributed by atoms with van der Waals surface area (Å²) in [6.45, 7) is 6.40. The minimum Gasteiger partial charge on any atom is -0.314 e. The third-order valence-electron chi connectivity index (χ3n) is 3.68. The smallest absolute Gasteiger partial charge is 0.0971 e. The molecule has 1 aromatic heterocycles. The highest BCUT2D eigenvalue weighted by Crippen LogP contribution is 2.11. The molecule has 5 nitrogen and oxygen atoms in total. The molecular formula is C15H21N5. The summed E-state index contributed by atoms with van der Waals surface area (Å²) in [6.07, 6.45) is 3.05. The van der Waals surface area contributed by atoms with E-state index in [9.17, 15) is 0 Å². The third kappa shape index (κ3) is 2.89. The van der Waals surface area contributed by atoms with Gasteiger partial charge in [0.15, 0.2) is 0 Å². The predicted molar refractivity (Wildman–Crippen MR) is 78.7 cm³/mol. The van der Waals surface area contributed by atoms with Gasteiger partial charge in [0.2, 0.25) is 0 Å². The average molecular weight is 271 g/mol. The molecule has 1 fully saturated rings. The second kappa shape index (κ2) is 6.15. The summed E-state index contributed by atoms with van der Waals surface area (Å²) >= 11 is 0. The van der Waals surface area contributed by atoms with E-state index >= 15 is 0 Å². The van der Waals surface area contributed by atoms with E-state index < -0.39 is 0 Å². The van der Waals surface area contributed by atoms with Gasteiger partial charge in [-0.05, 0) is 25.1 Å². The molecule has 0 atom stereocenters. The molecule has 0 amide bonds. The first kappa shape index (κ1) is 13.3. The number of para-hydroxylation sites is 1. The molecule has 3 rings (SSSR count). The standard InChI is InChI=1S/C15H21N5/c1-2-8-19(15-10-16-11-15)12-13-9-17-20(18-13)14-6-4-3-5-7-14/h3-7,9,15-16H,2,8,10-12H2,1H3. The van der Waals surface area contributed by atoms with E-state index in [0.717, 1.165) is 37.6 Å². The van der Waals surface area contributed by atoms with Crippen LogP contribution in [-0.2, 0) is 6.54 Å². The first-order valence-corrected chi connectivity index (χ1v) is 7.28. The molecule has 1 N–H and O–H groups in total. The molecule has 2 aromatic rings. The van der Waals surface area contributed by atoms with Crippen LogP contribution < -0.4 is 5.32 Å². The Bertz CT molecular complexity index is 532. The molecule has 5 heteroatoms. The van der Waals surface area contributed by atoms with Crippen LogP contribution in [0.3, 0.4) is 0 Å². The molecule has 1 aromatic carbocycles. The quantitative estimate of drug-likeness (QED) is 0.864. The van der Waals surface area contributed by atoms with Gasteiger partial charge >= 0.3 is 0 Å². The van der Waals surface area contributed by atoms with Crippen molar-refractivity contribution in [3.8, 4) is 5.69 Å². The molecule has 0 spiro atoms. The Balaban J connectivity index is 1.69. The molecular weight excluding hydrogens is 250 g/mol. The number of benzene rings is 1. The van der Waals surface area contributed by atoms with Crippen molar-refractivity contribution in [3.63, 3.8) is 0 Å². The highest BCUT2D eigenvalue weighted by Gasteiger charge is 2.24. The lowest BCUT2D eigenvalue weighted by molar-refractivity contribution is 0.136. The molecule has 0 radical (unpaired) electrons. The lowest BCUT2D eigenvalue weighted by Crippen LogP contribution is -2.57. The van der Waals surface area contributed by atoms with Crippen molar-refractivity contribution in [2.45, 2.75) is 25.9 Å². The van der Waals surface area contributed by atoms with E-state index in [1.165, 1.54) is 6.42 Å². The summed E-state index contributed by atoms with van der Waals surface area (Å²) in [4.78, 5) is 4.20. The van der Waals surface area contributed by atoms with Crippen molar-refractivity contribution in [2.24, 2.45) is 0 Å². The Hall–Kier alpha value is -1.72. The molecule has 0 unspecified atom stereocenters. The van der Waals surface area contributed by atoms with Crippen LogP contribution in [0.2, 0.25) is 0 Å². The fourth-order valence-corrected chi connectivity index (χ4v) is 2.47. The zero-order valence-corrected chi connectivity index (χ0v) is 11.9. The van der Waals surface area contributed by atoms with Crippen molar-refractivity contribution >= 4 is 0 Å². The lowest BCUT2D eigenvalue weighted by atomic mass is 10.1. The number of rotatable bonds is 6. The Morgan fingerprint density at radius 3 is 2.75 bits per heavy atom. The second-order valence-corrected chi connectivity index (χ2v) is 5.24. The van der Waals surface area contributed by atoms with Gasteiger partial charge in [-0.25, -0.2) is 0 Å². The van der Waals surface area contributed by atoms with Gasteiger partial charge in [0.1, 0.15) is 0 Å². The average Bonchev–Trinajstić information content (AvgIpc) is 2.87. The third-order valence-corrected chi connectivity index (χ3v) is 3.68. The van der Waals surface area contributed by atoms with E-state index in [2.05, 4.69) is 27.3 Å². The minimum absolute atomic E-state index is 0.650. The van der Waals surface area contributed by atoms with E-state index in [1.54, 1.807) is 4.80 Å². The van der Waals surface area contributed by atoms with Gasteiger partial charge in [0, 0.05) is 25.7 Å². The summed E-state index contributed by atoms with van der Waals surface area (Å²) in [6, 6.07) is 10.7. The highest BCUT2D eigenvalue weighted by molar-refractivity contribution is 5.28. The van der Waals surface area contributed by atoms with Gasteiger partial charge in [0.05, 0.1) is 17.6 Å². The molecule has 0 aliphatic carbocycles. The summed E-state index contributed by atoms with van der Waals surface area (Å²) in [7, 11) is 0. The van der Waals surface area contributed by atoms with Gasteiger partial charge in [-0.1, -0.05) is 25.1 Å². The zero-order chi connectivity index (χ0) is 13.8. The van der Waals surface area contributed by atoms with Crippen LogP contribution in [0.4, 0.5) is 0 Å². The molecule has 2 heterocycles. The highest BCUT2D eigenvalue weighted by atomic mass is 15.5. The van der Waals surface area contributed by atoms with Crippen LogP contribution in [0.25, 0.3) is 5.69 Å². The SMILES string of the molecule is CCCN(Cc1cnn(-c2ccccc2)n1)C1CNC1. The van der Waals surface area contributed by atoms with Crippen LogP contribution in [0.15, 0.2) is 36.5 Å². The summed E-state index contributed by atoms with van der Waals surface area (Å²) in [5.41, 5.74) is 2.04. The van der Waals surface area contributed by atoms with Crippen LogP contribution in [-0.4, -0.2) is 45.6 Å². The van der Waals surface area contributed by atoms with E-state index in [-0.39, 0.29) is 0 Å². The predicted octanol–water partition coefficient (Wildman–Crippen LogP) is 1.45. The fourth-order valence-electron chi connectivity index (χ4n) is 2.47. The van der Waals surface area contributed by atoms with Gasteiger partial charge < -0.3 is 5.32 Å². The number of aromatic nitrogens is 3. The van der Waals surface area contributed by atoms with Crippen LogP contribution in [0, 0.1) is 0 Å². The fraction of sp³-hybridized carbons (Fsp3) is 0.467. The van der Waals surface area contributed by atoms with Crippen molar-refractivity contribution in [1.29, 1.82) is 0 Å². The Morgan fingerprint density at radius 1 is 1.30 bits per heavy atom. The summed E-state index contributed by atoms with van der Waals surface area (Å²) < 4.78 is 0. The van der Waals surface area contributed by atoms with E-state index in [4.69, 9.17) is 0 Å². The maximum absolute atomic E-state index is 4.59. The molecule has 1 aliphatic rings. The molecule has 0 saturated carbocycles. The van der Waals surface area contributed by atoms with Crippen LogP contribution >= 0.6 is 0 Å². The van der Waals surface area contributed by atoms with Gasteiger partial charge in [-0.15, -0.1) is 0 Å². The normalized spacial score (nSPS) is 15.5. The van der Waals surface area contributed by atoms with Gasteiger partial charge in [-0.2, -0.15) is 15.0 Å².